The number of carbonyl (C=O) groups excluding carboxylic acids is 1. The van der Waals surface area contributed by atoms with Crippen LogP contribution in [0.3, 0.4) is 0 Å². The van der Waals surface area contributed by atoms with Crippen LogP contribution in [0.5, 0.6) is 0 Å². The van der Waals surface area contributed by atoms with Gasteiger partial charge in [0.15, 0.2) is 5.78 Å². The third-order valence-corrected chi connectivity index (χ3v) is 6.27. The van der Waals surface area contributed by atoms with Crippen molar-refractivity contribution in [3.05, 3.63) is 102 Å². The Labute approximate surface area is 179 Å². The first kappa shape index (κ1) is 19.5. The molecule has 0 fully saturated rings. The zero-order valence-corrected chi connectivity index (χ0v) is 18.0. The van der Waals surface area contributed by atoms with Gasteiger partial charge in [-0.3, -0.25) is 18.7 Å². The third-order valence-electron chi connectivity index (χ3n) is 4.67. The third kappa shape index (κ3) is 3.88. The van der Waals surface area contributed by atoms with Crippen LogP contribution in [-0.2, 0) is 13.1 Å². The fourth-order valence-corrected chi connectivity index (χ4v) is 4.49. The molecule has 5 nitrogen and oxygen atoms in total. The van der Waals surface area contributed by atoms with Crippen LogP contribution in [0.25, 0.3) is 10.2 Å². The first-order valence-electron chi connectivity index (χ1n) is 9.00. The van der Waals surface area contributed by atoms with Crippen LogP contribution >= 0.6 is 27.3 Å². The van der Waals surface area contributed by atoms with Crippen molar-refractivity contribution in [1.29, 1.82) is 0 Å². The molecule has 0 aliphatic carbocycles. The molecule has 0 bridgehead atoms. The van der Waals surface area contributed by atoms with Gasteiger partial charge in [0.25, 0.3) is 5.56 Å². The van der Waals surface area contributed by atoms with Gasteiger partial charge < -0.3 is 0 Å². The van der Waals surface area contributed by atoms with Gasteiger partial charge in [0.1, 0.15) is 4.83 Å². The summed E-state index contributed by atoms with van der Waals surface area (Å²) in [6.07, 6.45) is 0. The van der Waals surface area contributed by atoms with Gasteiger partial charge in [-0.1, -0.05) is 58.4 Å². The van der Waals surface area contributed by atoms with Crippen LogP contribution in [0.4, 0.5) is 0 Å². The van der Waals surface area contributed by atoms with E-state index >= 15 is 0 Å². The lowest BCUT2D eigenvalue weighted by Crippen LogP contribution is -2.40. The van der Waals surface area contributed by atoms with Gasteiger partial charge in [0, 0.05) is 14.9 Å². The second-order valence-corrected chi connectivity index (χ2v) is 8.90. The van der Waals surface area contributed by atoms with Crippen molar-refractivity contribution in [1.82, 2.24) is 9.13 Å². The van der Waals surface area contributed by atoms with E-state index in [1.807, 2.05) is 37.3 Å². The van der Waals surface area contributed by atoms with E-state index < -0.39 is 5.69 Å². The molecule has 0 atom stereocenters. The van der Waals surface area contributed by atoms with Crippen LogP contribution in [-0.4, -0.2) is 14.9 Å². The maximum Gasteiger partial charge on any atom is 0.332 e. The monoisotopic (exact) mass is 468 g/mol. The molecule has 4 rings (SSSR count). The predicted molar refractivity (Wildman–Crippen MR) is 119 cm³/mol. The van der Waals surface area contributed by atoms with Crippen molar-refractivity contribution in [2.24, 2.45) is 0 Å². The number of Topliss-reactive ketones (excluding diaryl/α,β-unsaturated/α-hetero) is 1. The largest absolute Gasteiger partial charge is 0.332 e. The molecule has 7 heteroatoms. The average Bonchev–Trinajstić information content (AvgIpc) is 3.11. The van der Waals surface area contributed by atoms with Gasteiger partial charge in [-0.15, -0.1) is 11.3 Å². The minimum Gasteiger partial charge on any atom is -0.292 e. The van der Waals surface area contributed by atoms with E-state index in [9.17, 15) is 14.4 Å². The number of hydrogen-bond acceptors (Lipinski definition) is 4. The Morgan fingerprint density at radius 2 is 1.69 bits per heavy atom. The smallest absolute Gasteiger partial charge is 0.292 e. The van der Waals surface area contributed by atoms with E-state index in [1.54, 1.807) is 30.3 Å². The van der Waals surface area contributed by atoms with Crippen molar-refractivity contribution < 1.29 is 4.79 Å². The molecule has 0 unspecified atom stereocenters. The maximum atomic E-state index is 13.2. The summed E-state index contributed by atoms with van der Waals surface area (Å²) >= 11 is 4.71. The molecular weight excluding hydrogens is 452 g/mol. The standard InChI is InChI=1S/C22H17BrN2O3S/c1-14-11-18-20(27)24(12-15-5-3-2-4-6-15)22(28)25(21(18)29-14)13-19(26)16-7-9-17(23)10-8-16/h2-11H,12-13H2,1H3. The topological polar surface area (TPSA) is 61.1 Å². The minimum atomic E-state index is -0.473. The van der Waals surface area contributed by atoms with E-state index in [2.05, 4.69) is 15.9 Å². The number of fused-ring (bicyclic) bond motifs is 1. The Kier molecular flexibility index (Phi) is 5.34. The number of aromatic nitrogens is 2. The molecule has 0 aliphatic heterocycles. The fraction of sp³-hybridized carbons (Fsp3) is 0.136. The number of halogens is 1. The summed E-state index contributed by atoms with van der Waals surface area (Å²) < 4.78 is 3.50. The predicted octanol–water partition coefficient (Wildman–Crippen LogP) is 4.23. The van der Waals surface area contributed by atoms with Gasteiger partial charge in [0.2, 0.25) is 0 Å². The molecule has 0 amide bonds. The van der Waals surface area contributed by atoms with Gasteiger partial charge in [-0.25, -0.2) is 4.79 Å². The summed E-state index contributed by atoms with van der Waals surface area (Å²) in [6.45, 7) is 1.93. The molecular formula is C22H17BrN2O3S. The first-order valence-corrected chi connectivity index (χ1v) is 10.6. The Morgan fingerprint density at radius 1 is 1.00 bits per heavy atom. The lowest BCUT2D eigenvalue weighted by Gasteiger charge is -2.12. The number of ketones is 1. The summed E-state index contributed by atoms with van der Waals surface area (Å²) in [7, 11) is 0. The Morgan fingerprint density at radius 3 is 2.38 bits per heavy atom. The highest BCUT2D eigenvalue weighted by Gasteiger charge is 2.18. The maximum absolute atomic E-state index is 13.2. The van der Waals surface area contributed by atoms with Crippen LogP contribution < -0.4 is 11.2 Å². The highest BCUT2D eigenvalue weighted by molar-refractivity contribution is 9.10. The fourth-order valence-electron chi connectivity index (χ4n) is 3.24. The van der Waals surface area contributed by atoms with E-state index in [0.29, 0.717) is 15.8 Å². The number of hydrogen-bond donors (Lipinski definition) is 0. The zero-order valence-electron chi connectivity index (χ0n) is 15.6. The van der Waals surface area contributed by atoms with Crippen molar-refractivity contribution in [2.75, 3.05) is 0 Å². The molecule has 2 heterocycles. The molecule has 29 heavy (non-hydrogen) atoms. The van der Waals surface area contributed by atoms with Crippen LogP contribution in [0, 0.1) is 6.92 Å². The molecule has 146 valence electrons. The lowest BCUT2D eigenvalue weighted by molar-refractivity contribution is 0.0971. The molecule has 0 spiro atoms. The highest BCUT2D eigenvalue weighted by atomic mass is 79.9. The molecule has 0 saturated heterocycles. The Bertz CT molecular complexity index is 1320. The number of aryl methyl sites for hydroxylation is 1. The molecule has 0 radical (unpaired) electrons. The van der Waals surface area contributed by atoms with Gasteiger partial charge in [-0.2, -0.15) is 0 Å². The zero-order chi connectivity index (χ0) is 20.5. The minimum absolute atomic E-state index is 0.119. The number of nitrogens with zero attached hydrogens (tertiary/aromatic N) is 2. The van der Waals surface area contributed by atoms with Gasteiger partial charge in [-0.05, 0) is 30.7 Å². The molecule has 2 aromatic carbocycles. The summed E-state index contributed by atoms with van der Waals surface area (Å²) in [4.78, 5) is 40.5. The normalized spacial score (nSPS) is 11.1. The van der Waals surface area contributed by atoms with E-state index in [-0.39, 0.29) is 24.4 Å². The summed E-state index contributed by atoms with van der Waals surface area (Å²) in [5.41, 5.74) is 0.565. The second kappa shape index (κ2) is 7.93. The van der Waals surface area contributed by atoms with E-state index in [0.717, 1.165) is 14.9 Å². The number of thiophene rings is 1. The first-order chi connectivity index (χ1) is 13.9. The highest BCUT2D eigenvalue weighted by Crippen LogP contribution is 2.22. The second-order valence-electron chi connectivity index (χ2n) is 6.75. The van der Waals surface area contributed by atoms with Crippen LogP contribution in [0.1, 0.15) is 20.8 Å². The molecule has 0 N–H and O–H groups in total. The number of carbonyl (C=O) groups is 1. The van der Waals surface area contributed by atoms with Crippen molar-refractivity contribution in [3.63, 3.8) is 0 Å². The van der Waals surface area contributed by atoms with E-state index in [4.69, 9.17) is 0 Å². The van der Waals surface area contributed by atoms with Gasteiger partial charge >= 0.3 is 5.69 Å². The molecule has 2 aromatic heterocycles. The number of benzene rings is 2. The van der Waals surface area contributed by atoms with Crippen LogP contribution in [0.15, 0.2) is 74.7 Å². The van der Waals surface area contributed by atoms with E-state index in [1.165, 1.54) is 20.5 Å². The number of rotatable bonds is 5. The SMILES string of the molecule is Cc1cc2c(=O)n(Cc3ccccc3)c(=O)n(CC(=O)c3ccc(Br)cc3)c2s1. The lowest BCUT2D eigenvalue weighted by atomic mass is 10.1. The average molecular weight is 469 g/mol. The van der Waals surface area contributed by atoms with Crippen molar-refractivity contribution in [3.8, 4) is 0 Å². The summed E-state index contributed by atoms with van der Waals surface area (Å²) in [5, 5.41) is 0.464. The van der Waals surface area contributed by atoms with Crippen molar-refractivity contribution in [2.45, 2.75) is 20.0 Å². The Hall–Kier alpha value is -2.77. The van der Waals surface area contributed by atoms with Crippen LogP contribution in [0.2, 0.25) is 0 Å². The Balaban J connectivity index is 1.84. The summed E-state index contributed by atoms with van der Waals surface area (Å²) in [5.74, 6) is -0.183. The van der Waals surface area contributed by atoms with Crippen molar-refractivity contribution >= 4 is 43.3 Å². The molecule has 4 aromatic rings. The van der Waals surface area contributed by atoms with Gasteiger partial charge in [0.05, 0.1) is 18.5 Å². The molecule has 0 saturated carbocycles. The summed E-state index contributed by atoms with van der Waals surface area (Å²) in [6, 6.07) is 18.1. The molecule has 0 aliphatic rings. The quantitative estimate of drug-likeness (QED) is 0.411.